The third-order valence-corrected chi connectivity index (χ3v) is 4.24. The van der Waals surface area contributed by atoms with Crippen molar-refractivity contribution in [1.82, 2.24) is 0 Å². The van der Waals surface area contributed by atoms with Gasteiger partial charge in [0.2, 0.25) is 5.91 Å². The van der Waals surface area contributed by atoms with Gasteiger partial charge in [-0.2, -0.15) is 0 Å². The number of ether oxygens (including phenoxy) is 2. The molecule has 23 heavy (non-hydrogen) atoms. The molecule has 1 aromatic rings. The number of hydrogen-bond donors (Lipinski definition) is 1. The molecule has 0 saturated heterocycles. The largest absolute Gasteiger partial charge is 0.497 e. The Morgan fingerprint density at radius 2 is 2.13 bits per heavy atom. The van der Waals surface area contributed by atoms with Gasteiger partial charge in [-0.3, -0.25) is 9.59 Å². The number of anilines is 1. The van der Waals surface area contributed by atoms with Crippen molar-refractivity contribution in [3.05, 3.63) is 30.4 Å². The molecule has 1 aliphatic carbocycles. The first-order valence-electron chi connectivity index (χ1n) is 7.76. The molecule has 2 rings (SSSR count). The zero-order chi connectivity index (χ0) is 16.8. The molecule has 5 heteroatoms. The molecule has 124 valence electrons. The van der Waals surface area contributed by atoms with E-state index in [1.807, 2.05) is 13.0 Å². The minimum Gasteiger partial charge on any atom is -0.497 e. The number of methoxy groups -OCH3 is 2. The van der Waals surface area contributed by atoms with Crippen molar-refractivity contribution in [3.63, 3.8) is 0 Å². The maximum atomic E-state index is 12.1. The molecule has 0 bridgehead atoms. The molecule has 0 heterocycles. The summed E-state index contributed by atoms with van der Waals surface area (Å²) in [5.41, 5.74) is 0.560. The van der Waals surface area contributed by atoms with Gasteiger partial charge in [0, 0.05) is 18.9 Å². The first kappa shape index (κ1) is 17.1. The number of allylic oxidation sites excluding steroid dienone is 1. The van der Waals surface area contributed by atoms with Crippen LogP contribution in [0.25, 0.3) is 0 Å². The second-order valence-electron chi connectivity index (χ2n) is 5.82. The second kappa shape index (κ2) is 7.81. The predicted molar refractivity (Wildman–Crippen MR) is 88.8 cm³/mol. The fourth-order valence-corrected chi connectivity index (χ4v) is 2.77. The third-order valence-electron chi connectivity index (χ3n) is 4.24. The lowest BCUT2D eigenvalue weighted by atomic mass is 9.92. The number of rotatable bonds is 6. The van der Waals surface area contributed by atoms with Crippen LogP contribution in [0, 0.1) is 11.8 Å². The van der Waals surface area contributed by atoms with E-state index in [-0.39, 0.29) is 11.8 Å². The molecular weight excluding hydrogens is 294 g/mol. The van der Waals surface area contributed by atoms with Gasteiger partial charge in [0.25, 0.3) is 0 Å². The molecule has 1 aliphatic rings. The van der Waals surface area contributed by atoms with E-state index in [2.05, 4.69) is 5.32 Å². The van der Waals surface area contributed by atoms with Crippen molar-refractivity contribution >= 4 is 17.4 Å². The Balaban J connectivity index is 1.98. The molecule has 1 fully saturated rings. The van der Waals surface area contributed by atoms with Crippen LogP contribution >= 0.6 is 0 Å². The highest BCUT2D eigenvalue weighted by Gasteiger charge is 2.25. The van der Waals surface area contributed by atoms with Crippen LogP contribution in [0.4, 0.5) is 5.69 Å². The van der Waals surface area contributed by atoms with E-state index in [1.54, 1.807) is 32.4 Å². The Kier molecular flexibility index (Phi) is 5.79. The standard InChI is InChI=1S/C18H23NO4/c1-12(13-5-6-14(20)10-13)4-9-18(21)19-16-11-15(22-2)7-8-17(16)23-3/h4,7-9,11-13H,5-6,10H2,1-3H3,(H,19,21)/b9-4+/t12-,13+/m1/s1. The van der Waals surface area contributed by atoms with Crippen LogP contribution < -0.4 is 14.8 Å². The SMILES string of the molecule is COc1ccc(OC)c(NC(=O)/C=C/[C@@H](C)[C@H]2CCC(=O)C2)c1. The van der Waals surface area contributed by atoms with Crippen LogP contribution in [0.15, 0.2) is 30.4 Å². The number of ketones is 1. The van der Waals surface area contributed by atoms with Crippen molar-refractivity contribution in [2.45, 2.75) is 26.2 Å². The lowest BCUT2D eigenvalue weighted by Crippen LogP contribution is -2.11. The van der Waals surface area contributed by atoms with Crippen LogP contribution in [0.1, 0.15) is 26.2 Å². The van der Waals surface area contributed by atoms with E-state index >= 15 is 0 Å². The van der Waals surface area contributed by atoms with Crippen LogP contribution in [-0.4, -0.2) is 25.9 Å². The van der Waals surface area contributed by atoms with Crippen molar-refractivity contribution in [2.24, 2.45) is 11.8 Å². The van der Waals surface area contributed by atoms with Gasteiger partial charge in [0.1, 0.15) is 17.3 Å². The number of nitrogens with one attached hydrogen (secondary N) is 1. The summed E-state index contributed by atoms with van der Waals surface area (Å²) in [4.78, 5) is 23.4. The molecule has 5 nitrogen and oxygen atoms in total. The highest BCUT2D eigenvalue weighted by atomic mass is 16.5. The Morgan fingerprint density at radius 1 is 1.35 bits per heavy atom. The summed E-state index contributed by atoms with van der Waals surface area (Å²) in [6.07, 6.45) is 5.58. The number of benzene rings is 1. The number of Topliss-reactive ketones (excluding diaryl/α,β-unsaturated/α-hetero) is 1. The summed E-state index contributed by atoms with van der Waals surface area (Å²) in [6.45, 7) is 2.04. The molecule has 0 radical (unpaired) electrons. The molecule has 2 atom stereocenters. The number of carbonyl (C=O) groups excluding carboxylic acids is 2. The van der Waals surface area contributed by atoms with E-state index in [0.717, 1.165) is 6.42 Å². The highest BCUT2D eigenvalue weighted by Crippen LogP contribution is 2.30. The lowest BCUT2D eigenvalue weighted by molar-refractivity contribution is -0.117. The Labute approximate surface area is 136 Å². The molecule has 0 aromatic heterocycles. The van der Waals surface area contributed by atoms with Crippen LogP contribution in [0.3, 0.4) is 0 Å². The highest BCUT2D eigenvalue weighted by molar-refractivity contribution is 6.00. The fourth-order valence-electron chi connectivity index (χ4n) is 2.77. The number of amides is 1. The van der Waals surface area contributed by atoms with E-state index in [9.17, 15) is 9.59 Å². The van der Waals surface area contributed by atoms with Crippen LogP contribution in [-0.2, 0) is 9.59 Å². The summed E-state index contributed by atoms with van der Waals surface area (Å²) in [5, 5.41) is 2.79. The molecule has 1 amide bonds. The molecule has 1 aromatic carbocycles. The summed E-state index contributed by atoms with van der Waals surface area (Å²) >= 11 is 0. The van der Waals surface area contributed by atoms with Crippen LogP contribution in [0.5, 0.6) is 11.5 Å². The van der Waals surface area contributed by atoms with Crippen molar-refractivity contribution in [1.29, 1.82) is 0 Å². The first-order valence-corrected chi connectivity index (χ1v) is 7.76. The molecule has 0 spiro atoms. The zero-order valence-corrected chi connectivity index (χ0v) is 13.8. The van der Waals surface area contributed by atoms with Crippen molar-refractivity contribution in [3.8, 4) is 11.5 Å². The topological polar surface area (TPSA) is 64.6 Å². The monoisotopic (exact) mass is 317 g/mol. The Morgan fingerprint density at radius 3 is 2.74 bits per heavy atom. The predicted octanol–water partition coefficient (Wildman–Crippen LogP) is 3.20. The third kappa shape index (κ3) is 4.58. The van der Waals surface area contributed by atoms with Gasteiger partial charge >= 0.3 is 0 Å². The van der Waals surface area contributed by atoms with E-state index in [1.165, 1.54) is 6.08 Å². The number of carbonyl (C=O) groups is 2. The van der Waals surface area contributed by atoms with Crippen molar-refractivity contribution in [2.75, 3.05) is 19.5 Å². The second-order valence-corrected chi connectivity index (χ2v) is 5.82. The summed E-state index contributed by atoms with van der Waals surface area (Å²) in [5.74, 6) is 1.86. The van der Waals surface area contributed by atoms with Gasteiger partial charge < -0.3 is 14.8 Å². The van der Waals surface area contributed by atoms with Crippen LogP contribution in [0.2, 0.25) is 0 Å². The number of hydrogen-bond acceptors (Lipinski definition) is 4. The Hall–Kier alpha value is -2.30. The fraction of sp³-hybridized carbons (Fsp3) is 0.444. The average molecular weight is 317 g/mol. The first-order chi connectivity index (χ1) is 11.0. The van der Waals surface area contributed by atoms with E-state index in [4.69, 9.17) is 9.47 Å². The quantitative estimate of drug-likeness (QED) is 0.818. The van der Waals surface area contributed by atoms with Gasteiger partial charge in [-0.05, 0) is 36.5 Å². The lowest BCUT2D eigenvalue weighted by Gasteiger charge is -2.14. The van der Waals surface area contributed by atoms with E-state index in [0.29, 0.717) is 41.7 Å². The van der Waals surface area contributed by atoms with Gasteiger partial charge in [-0.15, -0.1) is 0 Å². The molecule has 1 saturated carbocycles. The molecular formula is C18H23NO4. The minimum absolute atomic E-state index is 0.208. The maximum absolute atomic E-state index is 12.1. The summed E-state index contributed by atoms with van der Waals surface area (Å²) in [6, 6.07) is 5.22. The minimum atomic E-state index is -0.229. The van der Waals surface area contributed by atoms with Gasteiger partial charge in [0.05, 0.1) is 19.9 Å². The van der Waals surface area contributed by atoms with Gasteiger partial charge in [-0.1, -0.05) is 13.0 Å². The van der Waals surface area contributed by atoms with E-state index < -0.39 is 0 Å². The smallest absolute Gasteiger partial charge is 0.248 e. The molecule has 0 unspecified atom stereocenters. The normalized spacial score (nSPS) is 18.9. The molecule has 1 N–H and O–H groups in total. The Bertz CT molecular complexity index is 609. The van der Waals surface area contributed by atoms with Gasteiger partial charge in [-0.25, -0.2) is 0 Å². The summed E-state index contributed by atoms with van der Waals surface area (Å²) in [7, 11) is 3.12. The zero-order valence-electron chi connectivity index (χ0n) is 13.8. The maximum Gasteiger partial charge on any atom is 0.248 e. The van der Waals surface area contributed by atoms with Crippen molar-refractivity contribution < 1.29 is 19.1 Å². The van der Waals surface area contributed by atoms with Gasteiger partial charge in [0.15, 0.2) is 0 Å². The average Bonchev–Trinajstić information content (AvgIpc) is 2.99. The summed E-state index contributed by atoms with van der Waals surface area (Å²) < 4.78 is 10.4. The molecule has 0 aliphatic heterocycles.